The van der Waals surface area contributed by atoms with Crippen molar-refractivity contribution < 1.29 is 22.6 Å². The van der Waals surface area contributed by atoms with Crippen molar-refractivity contribution in [1.82, 2.24) is 9.80 Å². The number of carbonyl (C=O) groups excluding carboxylic acids is 2. The standard InChI is InChI=1S/C26H33N3O5S2Se/c1-3-5-16-28-24(30)20(25(31)29(26(28)37)17-6-4-2)12-7-10-15-23-27(18-11-19-36(32,33)34)21-13-8-9-14-22(21)35-23/h7-10,12-15H,3-6,11,16-19H2,1-2H3,(H,32,33,34)/b10-7+,23-15+. The van der Waals surface area contributed by atoms with Crippen LogP contribution in [-0.4, -0.2) is 80.2 Å². The second-order valence-electron chi connectivity index (χ2n) is 8.73. The van der Waals surface area contributed by atoms with E-state index in [4.69, 9.17) is 4.55 Å². The average molecular weight is 611 g/mol. The SMILES string of the molecule is CCCCN1C(=O)C(=C/C=C/C=C2/Sc3ccccc3N2CCCS(=O)(=O)O)C(=O)N(CCCC)C1=[Se]. The molecule has 8 nitrogen and oxygen atoms in total. The van der Waals surface area contributed by atoms with Crippen LogP contribution in [0.4, 0.5) is 5.69 Å². The quantitative estimate of drug-likeness (QED) is 0.167. The summed E-state index contributed by atoms with van der Waals surface area (Å²) in [5, 5.41) is 0.889. The van der Waals surface area contributed by atoms with Crippen LogP contribution in [0.15, 0.2) is 64.1 Å². The maximum atomic E-state index is 13.2. The zero-order valence-corrected chi connectivity index (χ0v) is 24.5. The van der Waals surface area contributed by atoms with Gasteiger partial charge in [-0.1, -0.05) is 12.1 Å². The summed E-state index contributed by atoms with van der Waals surface area (Å²) in [5.74, 6) is -0.911. The molecule has 2 amide bonds. The Morgan fingerprint density at radius 1 is 0.892 bits per heavy atom. The number of thioether (sulfide) groups is 1. The molecule has 0 aromatic heterocycles. The fourth-order valence-corrected chi connectivity index (χ4v) is 6.30. The number of benzene rings is 1. The summed E-state index contributed by atoms with van der Waals surface area (Å²) in [6.07, 6.45) is 10.8. The van der Waals surface area contributed by atoms with Gasteiger partial charge in [-0.05, 0) is 0 Å². The van der Waals surface area contributed by atoms with Crippen molar-refractivity contribution in [3.63, 3.8) is 0 Å². The molecule has 2 aliphatic rings. The van der Waals surface area contributed by atoms with Crippen LogP contribution in [0.25, 0.3) is 0 Å². The van der Waals surface area contributed by atoms with Crippen molar-refractivity contribution in [2.75, 3.05) is 30.3 Å². The minimum atomic E-state index is -4.03. The van der Waals surface area contributed by atoms with Gasteiger partial charge in [0.25, 0.3) is 10.1 Å². The molecule has 0 spiro atoms. The predicted octanol–water partition coefficient (Wildman–Crippen LogP) is 3.73. The summed E-state index contributed by atoms with van der Waals surface area (Å²) in [4.78, 5) is 32.7. The Hall–Kier alpha value is -2.17. The van der Waals surface area contributed by atoms with Gasteiger partial charge in [0.15, 0.2) is 0 Å². The van der Waals surface area contributed by atoms with Crippen molar-refractivity contribution in [2.24, 2.45) is 0 Å². The number of fused-ring (bicyclic) bond motifs is 1. The number of para-hydroxylation sites is 1. The van der Waals surface area contributed by atoms with Gasteiger partial charge in [0.2, 0.25) is 0 Å². The van der Waals surface area contributed by atoms with Gasteiger partial charge >= 0.3 is 191 Å². The van der Waals surface area contributed by atoms with E-state index in [9.17, 15) is 18.0 Å². The van der Waals surface area contributed by atoms with E-state index >= 15 is 0 Å². The Morgan fingerprint density at radius 2 is 1.46 bits per heavy atom. The molecule has 37 heavy (non-hydrogen) atoms. The Morgan fingerprint density at radius 3 is 2.05 bits per heavy atom. The van der Waals surface area contributed by atoms with Crippen LogP contribution in [0, 0.1) is 0 Å². The molecule has 0 unspecified atom stereocenters. The first-order chi connectivity index (χ1) is 17.7. The molecule has 1 aromatic carbocycles. The van der Waals surface area contributed by atoms with E-state index in [0.29, 0.717) is 24.3 Å². The number of unbranched alkanes of at least 4 members (excludes halogenated alkanes) is 2. The molecule has 3 rings (SSSR count). The number of allylic oxidation sites excluding steroid dienone is 4. The van der Waals surface area contributed by atoms with E-state index in [-0.39, 0.29) is 29.6 Å². The molecule has 200 valence electrons. The minimum absolute atomic E-state index is 0.133. The fraction of sp³-hybridized carbons (Fsp3) is 0.423. The van der Waals surface area contributed by atoms with Gasteiger partial charge in [0.05, 0.1) is 5.75 Å². The number of hydrogen-bond acceptors (Lipinski definition) is 6. The average Bonchev–Trinajstić information content (AvgIpc) is 3.20. The van der Waals surface area contributed by atoms with Crippen LogP contribution >= 0.6 is 11.8 Å². The number of amides is 2. The number of anilines is 1. The van der Waals surface area contributed by atoms with Gasteiger partial charge in [0.1, 0.15) is 0 Å². The van der Waals surface area contributed by atoms with Gasteiger partial charge in [0, 0.05) is 0 Å². The van der Waals surface area contributed by atoms with E-state index in [0.717, 1.165) is 41.3 Å². The second kappa shape index (κ2) is 13.6. The number of carbonyl (C=O) groups is 2. The van der Waals surface area contributed by atoms with Crippen molar-refractivity contribution >= 4 is 59.6 Å². The summed E-state index contributed by atoms with van der Waals surface area (Å²) in [6.45, 7) is 5.64. The van der Waals surface area contributed by atoms with Crippen LogP contribution in [-0.2, 0) is 19.7 Å². The molecule has 11 heteroatoms. The number of rotatable bonds is 12. The maximum absolute atomic E-state index is 13.2. The first-order valence-electron chi connectivity index (χ1n) is 12.4. The van der Waals surface area contributed by atoms with Crippen molar-refractivity contribution in [1.29, 1.82) is 0 Å². The summed E-state index contributed by atoms with van der Waals surface area (Å²) in [5.41, 5.74) is 1.10. The molecule has 2 aliphatic heterocycles. The molecule has 1 N–H and O–H groups in total. The number of hydrogen-bond donors (Lipinski definition) is 1. The van der Waals surface area contributed by atoms with Crippen LogP contribution in [0.1, 0.15) is 46.0 Å². The topological polar surface area (TPSA) is 98.2 Å². The van der Waals surface area contributed by atoms with E-state index in [1.807, 2.05) is 35.2 Å². The zero-order valence-electron chi connectivity index (χ0n) is 21.1. The Labute approximate surface area is 231 Å². The third-order valence-electron chi connectivity index (χ3n) is 5.92. The van der Waals surface area contributed by atoms with Gasteiger partial charge in [-0.25, -0.2) is 0 Å². The molecule has 0 saturated carbocycles. The molecule has 0 radical (unpaired) electrons. The van der Waals surface area contributed by atoms with Gasteiger partial charge < -0.3 is 0 Å². The summed E-state index contributed by atoms with van der Waals surface area (Å²) < 4.78 is 32.0. The third-order valence-corrected chi connectivity index (χ3v) is 8.78. The normalized spacial score (nSPS) is 17.5. The molecule has 1 aromatic rings. The molecular formula is C26H33N3O5S2Se. The van der Waals surface area contributed by atoms with Crippen LogP contribution in [0.3, 0.4) is 0 Å². The van der Waals surface area contributed by atoms with Gasteiger partial charge in [-0.3, -0.25) is 4.55 Å². The van der Waals surface area contributed by atoms with Crippen LogP contribution in [0.2, 0.25) is 0 Å². The van der Waals surface area contributed by atoms with Crippen LogP contribution in [0.5, 0.6) is 0 Å². The monoisotopic (exact) mass is 611 g/mol. The van der Waals surface area contributed by atoms with E-state index < -0.39 is 10.1 Å². The second-order valence-corrected chi connectivity index (χ2v) is 12.1. The summed E-state index contributed by atoms with van der Waals surface area (Å²) in [7, 11) is -4.03. The molecule has 0 aliphatic carbocycles. The van der Waals surface area contributed by atoms with Crippen LogP contribution < -0.4 is 4.90 Å². The first kappa shape index (κ1) is 29.4. The Kier molecular flexibility index (Phi) is 10.8. The van der Waals surface area contributed by atoms with Crippen molar-refractivity contribution in [2.45, 2.75) is 50.8 Å². The Bertz CT molecular complexity index is 1190. The van der Waals surface area contributed by atoms with Gasteiger partial charge in [-0.2, -0.15) is 8.42 Å². The van der Waals surface area contributed by atoms with E-state index in [1.165, 1.54) is 0 Å². The first-order valence-corrected chi connectivity index (χ1v) is 15.7. The molecule has 0 atom stereocenters. The molecule has 1 saturated heterocycles. The predicted molar refractivity (Wildman–Crippen MR) is 150 cm³/mol. The zero-order chi connectivity index (χ0) is 27.0. The van der Waals surface area contributed by atoms with Crippen molar-refractivity contribution in [3.8, 4) is 0 Å². The molecule has 1 fully saturated rings. The summed E-state index contributed by atoms with van der Waals surface area (Å²) in [6, 6.07) is 7.82. The number of nitrogens with zero attached hydrogens (tertiary/aromatic N) is 3. The fourth-order valence-electron chi connectivity index (χ4n) is 3.97. The third kappa shape index (κ3) is 7.67. The molecule has 2 heterocycles. The van der Waals surface area contributed by atoms with E-state index in [1.54, 1.807) is 39.8 Å². The van der Waals surface area contributed by atoms with Crippen molar-refractivity contribution in [3.05, 3.63) is 59.2 Å². The summed E-state index contributed by atoms with van der Waals surface area (Å²) >= 11 is 4.49. The van der Waals surface area contributed by atoms with Gasteiger partial charge in [-0.15, -0.1) is 0 Å². The molecular weight excluding hydrogens is 577 g/mol. The Balaban J connectivity index is 1.81. The van der Waals surface area contributed by atoms with E-state index in [2.05, 4.69) is 29.4 Å². The molecule has 0 bridgehead atoms.